The molecule has 0 aromatic rings. The Morgan fingerprint density at radius 1 is 1.00 bits per heavy atom. The molecule has 3 nitrogen and oxygen atoms in total. The lowest BCUT2D eigenvalue weighted by Crippen LogP contribution is -2.51. The molecule has 2 aliphatic rings. The first kappa shape index (κ1) is 12.3. The van der Waals surface area contributed by atoms with Crippen molar-refractivity contribution >= 4 is 0 Å². The minimum absolute atomic E-state index is 0.246. The molecule has 4 heteroatoms. The van der Waals surface area contributed by atoms with E-state index in [0.29, 0.717) is 6.54 Å². The fourth-order valence-corrected chi connectivity index (χ4v) is 2.90. The fourth-order valence-electron chi connectivity index (χ4n) is 2.90. The number of nitrogens with zero attached hydrogens (tertiary/aromatic N) is 2. The average Bonchev–Trinajstić information content (AvgIpc) is 2.68. The van der Waals surface area contributed by atoms with Crippen LogP contribution in [-0.4, -0.2) is 66.5 Å². The van der Waals surface area contributed by atoms with Crippen molar-refractivity contribution in [2.24, 2.45) is 0 Å². The number of rotatable bonds is 4. The molecule has 1 aliphatic carbocycles. The number of halogens is 1. The molecule has 0 spiro atoms. The van der Waals surface area contributed by atoms with E-state index in [1.54, 1.807) is 0 Å². The van der Waals surface area contributed by atoms with Gasteiger partial charge in [-0.3, -0.25) is 9.80 Å². The van der Waals surface area contributed by atoms with E-state index in [4.69, 9.17) is 0 Å². The Morgan fingerprint density at radius 3 is 2.12 bits per heavy atom. The van der Waals surface area contributed by atoms with Crippen molar-refractivity contribution in [3.8, 4) is 0 Å². The van der Waals surface area contributed by atoms with Crippen LogP contribution in [0.3, 0.4) is 0 Å². The van der Waals surface area contributed by atoms with E-state index >= 15 is 0 Å². The zero-order valence-electron chi connectivity index (χ0n) is 10.00. The van der Waals surface area contributed by atoms with E-state index in [-0.39, 0.29) is 6.67 Å². The first-order valence-corrected chi connectivity index (χ1v) is 6.45. The van der Waals surface area contributed by atoms with Crippen molar-refractivity contribution in [3.63, 3.8) is 0 Å². The van der Waals surface area contributed by atoms with Gasteiger partial charge in [0.05, 0.1) is 5.60 Å². The summed E-state index contributed by atoms with van der Waals surface area (Å²) in [7, 11) is 0. The molecule has 0 amide bonds. The first-order chi connectivity index (χ1) is 7.72. The zero-order valence-corrected chi connectivity index (χ0v) is 10.00. The molecule has 1 aliphatic heterocycles. The van der Waals surface area contributed by atoms with Gasteiger partial charge in [-0.1, -0.05) is 12.8 Å². The maximum atomic E-state index is 12.2. The molecule has 1 saturated heterocycles. The molecule has 0 aromatic heterocycles. The minimum atomic E-state index is -0.428. The molecule has 0 radical (unpaired) electrons. The van der Waals surface area contributed by atoms with E-state index in [1.165, 1.54) is 0 Å². The van der Waals surface area contributed by atoms with E-state index in [1.807, 2.05) is 0 Å². The van der Waals surface area contributed by atoms with E-state index in [2.05, 4.69) is 9.80 Å². The van der Waals surface area contributed by atoms with Crippen molar-refractivity contribution in [1.29, 1.82) is 0 Å². The molecule has 0 aromatic carbocycles. The molecule has 0 atom stereocenters. The summed E-state index contributed by atoms with van der Waals surface area (Å²) in [6, 6.07) is 0. The van der Waals surface area contributed by atoms with Crippen molar-refractivity contribution in [3.05, 3.63) is 0 Å². The third-order valence-corrected chi connectivity index (χ3v) is 3.92. The highest BCUT2D eigenvalue weighted by Crippen LogP contribution is 2.30. The Kier molecular flexibility index (Phi) is 4.16. The lowest BCUT2D eigenvalue weighted by Gasteiger charge is -2.37. The van der Waals surface area contributed by atoms with Gasteiger partial charge in [0.1, 0.15) is 6.67 Å². The summed E-state index contributed by atoms with van der Waals surface area (Å²) >= 11 is 0. The molecule has 1 N–H and O–H groups in total. The number of hydrogen-bond acceptors (Lipinski definition) is 3. The zero-order chi connectivity index (χ0) is 11.4. The van der Waals surface area contributed by atoms with Crippen LogP contribution in [0.25, 0.3) is 0 Å². The highest BCUT2D eigenvalue weighted by atomic mass is 19.1. The summed E-state index contributed by atoms with van der Waals surface area (Å²) in [5.41, 5.74) is -0.428. The number of alkyl halides is 1. The van der Waals surface area contributed by atoms with Crippen molar-refractivity contribution in [2.75, 3.05) is 45.9 Å². The third kappa shape index (κ3) is 3.15. The van der Waals surface area contributed by atoms with Gasteiger partial charge in [0.2, 0.25) is 0 Å². The predicted octanol–water partition coefficient (Wildman–Crippen LogP) is 0.879. The van der Waals surface area contributed by atoms with Crippen molar-refractivity contribution in [2.45, 2.75) is 31.3 Å². The van der Waals surface area contributed by atoms with Gasteiger partial charge in [0.25, 0.3) is 0 Å². The summed E-state index contributed by atoms with van der Waals surface area (Å²) < 4.78 is 12.2. The molecule has 1 heterocycles. The second-order valence-corrected chi connectivity index (χ2v) is 5.24. The lowest BCUT2D eigenvalue weighted by atomic mass is 10.0. The van der Waals surface area contributed by atoms with Gasteiger partial charge in [-0.25, -0.2) is 4.39 Å². The average molecular weight is 230 g/mol. The lowest BCUT2D eigenvalue weighted by molar-refractivity contribution is -0.00494. The Labute approximate surface area is 97.2 Å². The van der Waals surface area contributed by atoms with Gasteiger partial charge < -0.3 is 5.11 Å². The maximum Gasteiger partial charge on any atom is 0.102 e. The highest BCUT2D eigenvalue weighted by molar-refractivity contribution is 4.88. The fraction of sp³-hybridized carbons (Fsp3) is 1.00. The second kappa shape index (κ2) is 5.43. The number of β-amino-alcohol motifs (C(OH)–C–C–N with tert-alkyl or cyclic N) is 1. The molecule has 2 rings (SSSR count). The largest absolute Gasteiger partial charge is 0.389 e. The Bertz CT molecular complexity index is 211. The summed E-state index contributed by atoms with van der Waals surface area (Å²) in [6.07, 6.45) is 4.24. The summed E-state index contributed by atoms with van der Waals surface area (Å²) in [4.78, 5) is 4.50. The maximum absolute atomic E-state index is 12.2. The Hall–Kier alpha value is -0.190. The van der Waals surface area contributed by atoms with Crippen LogP contribution in [0.5, 0.6) is 0 Å². The Balaban J connectivity index is 1.72. The molecule has 0 unspecified atom stereocenters. The summed E-state index contributed by atoms with van der Waals surface area (Å²) in [5, 5.41) is 10.3. The summed E-state index contributed by atoms with van der Waals surface area (Å²) in [6.45, 7) is 4.98. The van der Waals surface area contributed by atoms with E-state index < -0.39 is 5.60 Å². The Morgan fingerprint density at radius 2 is 1.56 bits per heavy atom. The van der Waals surface area contributed by atoms with Gasteiger partial charge in [0.15, 0.2) is 0 Å². The molecular weight excluding hydrogens is 207 g/mol. The van der Waals surface area contributed by atoms with Gasteiger partial charge in [-0.05, 0) is 12.8 Å². The molecule has 94 valence electrons. The predicted molar refractivity (Wildman–Crippen MR) is 62.3 cm³/mol. The number of piperazine rings is 1. The normalized spacial score (nSPS) is 27.4. The standard InChI is InChI=1S/C12H23FN2O/c13-5-6-14-7-9-15(10-8-14)11-12(16)3-1-2-4-12/h16H,1-11H2. The van der Waals surface area contributed by atoms with Crippen LogP contribution in [-0.2, 0) is 0 Å². The molecular formula is C12H23FN2O. The minimum Gasteiger partial charge on any atom is -0.389 e. The van der Waals surface area contributed by atoms with Crippen LogP contribution >= 0.6 is 0 Å². The molecule has 16 heavy (non-hydrogen) atoms. The van der Waals surface area contributed by atoms with Gasteiger partial charge in [-0.2, -0.15) is 0 Å². The van der Waals surface area contributed by atoms with Gasteiger partial charge in [0, 0.05) is 39.3 Å². The first-order valence-electron chi connectivity index (χ1n) is 6.45. The molecule has 2 fully saturated rings. The third-order valence-electron chi connectivity index (χ3n) is 3.92. The number of hydrogen-bond donors (Lipinski definition) is 1. The topological polar surface area (TPSA) is 26.7 Å². The van der Waals surface area contributed by atoms with Gasteiger partial charge in [-0.15, -0.1) is 0 Å². The molecule has 0 bridgehead atoms. The highest BCUT2D eigenvalue weighted by Gasteiger charge is 2.33. The van der Waals surface area contributed by atoms with Crippen LogP contribution < -0.4 is 0 Å². The number of aliphatic hydroxyl groups is 1. The van der Waals surface area contributed by atoms with Crippen LogP contribution in [0, 0.1) is 0 Å². The van der Waals surface area contributed by atoms with Crippen molar-refractivity contribution in [1.82, 2.24) is 9.80 Å². The smallest absolute Gasteiger partial charge is 0.102 e. The van der Waals surface area contributed by atoms with E-state index in [0.717, 1.165) is 58.4 Å². The van der Waals surface area contributed by atoms with Crippen LogP contribution in [0.2, 0.25) is 0 Å². The van der Waals surface area contributed by atoms with Crippen LogP contribution in [0.1, 0.15) is 25.7 Å². The monoisotopic (exact) mass is 230 g/mol. The van der Waals surface area contributed by atoms with Crippen molar-refractivity contribution < 1.29 is 9.50 Å². The summed E-state index contributed by atoms with van der Waals surface area (Å²) in [5.74, 6) is 0. The van der Waals surface area contributed by atoms with Crippen LogP contribution in [0.15, 0.2) is 0 Å². The van der Waals surface area contributed by atoms with E-state index in [9.17, 15) is 9.50 Å². The van der Waals surface area contributed by atoms with Gasteiger partial charge >= 0.3 is 0 Å². The van der Waals surface area contributed by atoms with Crippen LogP contribution in [0.4, 0.5) is 4.39 Å². The molecule has 1 saturated carbocycles. The SMILES string of the molecule is OC1(CN2CCN(CCF)CC2)CCCC1. The quantitative estimate of drug-likeness (QED) is 0.776. The second-order valence-electron chi connectivity index (χ2n) is 5.24.